The van der Waals surface area contributed by atoms with Crippen LogP contribution in [-0.2, 0) is 6.18 Å². The van der Waals surface area contributed by atoms with Crippen LogP contribution in [0.2, 0.25) is 0 Å². The minimum atomic E-state index is -4.52. The van der Waals surface area contributed by atoms with Gasteiger partial charge in [0.2, 0.25) is 0 Å². The van der Waals surface area contributed by atoms with Gasteiger partial charge in [-0.2, -0.15) is 17.6 Å². The first-order valence-electron chi connectivity index (χ1n) is 9.59. The molecule has 1 saturated carbocycles. The van der Waals surface area contributed by atoms with E-state index in [2.05, 4.69) is 15.6 Å². The van der Waals surface area contributed by atoms with Crippen molar-refractivity contribution in [2.24, 2.45) is 0 Å². The number of anilines is 1. The molecule has 4 rings (SSSR count). The van der Waals surface area contributed by atoms with E-state index in [4.69, 9.17) is 0 Å². The van der Waals surface area contributed by atoms with Gasteiger partial charge in [-0.05, 0) is 49.9 Å². The third kappa shape index (κ3) is 4.56. The molecule has 0 unspecified atom stereocenters. The highest BCUT2D eigenvalue weighted by Crippen LogP contribution is 2.34. The average Bonchev–Trinajstić information content (AvgIpc) is 3.15. The van der Waals surface area contributed by atoms with Crippen molar-refractivity contribution < 1.29 is 22.4 Å². The van der Waals surface area contributed by atoms with E-state index in [-0.39, 0.29) is 18.0 Å². The van der Waals surface area contributed by atoms with Crippen molar-refractivity contribution in [3.8, 4) is 0 Å². The van der Waals surface area contributed by atoms with E-state index >= 15 is 0 Å². The fraction of sp³-hybridized carbons (Fsp3) is 0.333. The van der Waals surface area contributed by atoms with Gasteiger partial charge < -0.3 is 10.6 Å². The molecule has 158 valence electrons. The van der Waals surface area contributed by atoms with E-state index in [1.807, 2.05) is 0 Å². The van der Waals surface area contributed by atoms with Crippen molar-refractivity contribution in [2.45, 2.75) is 43.9 Å². The Hall–Kier alpha value is -2.68. The van der Waals surface area contributed by atoms with Gasteiger partial charge in [-0.3, -0.25) is 4.79 Å². The largest absolute Gasteiger partial charge is 0.433 e. The van der Waals surface area contributed by atoms with Crippen LogP contribution >= 0.6 is 11.3 Å². The van der Waals surface area contributed by atoms with E-state index in [0.29, 0.717) is 47.2 Å². The number of hydrogen-bond donors (Lipinski definition) is 2. The number of halogens is 4. The normalized spacial score (nSPS) is 19.6. The van der Waals surface area contributed by atoms with Gasteiger partial charge in [-0.25, -0.2) is 4.98 Å². The number of pyridine rings is 1. The zero-order chi connectivity index (χ0) is 21.3. The number of hydrogen-bond acceptors (Lipinski definition) is 4. The van der Waals surface area contributed by atoms with E-state index in [0.717, 1.165) is 17.4 Å². The van der Waals surface area contributed by atoms with Crippen molar-refractivity contribution in [1.82, 2.24) is 10.3 Å². The summed E-state index contributed by atoms with van der Waals surface area (Å²) in [6.45, 7) is 0. The highest BCUT2D eigenvalue weighted by molar-refractivity contribution is 7.12. The van der Waals surface area contributed by atoms with Crippen LogP contribution in [0.5, 0.6) is 0 Å². The van der Waals surface area contributed by atoms with Crippen molar-refractivity contribution in [1.29, 1.82) is 0 Å². The Balaban J connectivity index is 1.42. The standard InChI is InChI=1S/C21H19F4N3OS/c22-19-10-9-17(30-19)20(29)27-13-7-5-12(6-8-13)26-16-11-18(21(23,24)25)28-15-4-2-1-3-14(15)16/h1-4,9-13H,5-8H2,(H,26,28)(H,27,29). The van der Waals surface area contributed by atoms with E-state index in [1.165, 1.54) is 12.1 Å². The summed E-state index contributed by atoms with van der Waals surface area (Å²) in [5, 5.41) is 6.39. The maximum absolute atomic E-state index is 13.2. The fourth-order valence-corrected chi connectivity index (χ4v) is 4.37. The summed E-state index contributed by atoms with van der Waals surface area (Å²) < 4.78 is 52.8. The number of nitrogens with one attached hydrogen (secondary N) is 2. The summed E-state index contributed by atoms with van der Waals surface area (Å²) in [6, 6.07) is 10.5. The number of nitrogens with zero attached hydrogens (tertiary/aromatic N) is 1. The number of para-hydroxylation sites is 1. The maximum Gasteiger partial charge on any atom is 0.433 e. The molecule has 0 bridgehead atoms. The molecule has 1 aliphatic rings. The second-order valence-electron chi connectivity index (χ2n) is 7.34. The topological polar surface area (TPSA) is 54.0 Å². The third-order valence-corrected chi connectivity index (χ3v) is 6.10. The van der Waals surface area contributed by atoms with Gasteiger partial charge in [-0.1, -0.05) is 18.2 Å². The molecule has 0 spiro atoms. The highest BCUT2D eigenvalue weighted by Gasteiger charge is 2.34. The van der Waals surface area contributed by atoms with Crippen LogP contribution in [0.3, 0.4) is 0 Å². The molecule has 2 heterocycles. The lowest BCUT2D eigenvalue weighted by Crippen LogP contribution is -2.40. The molecule has 2 N–H and O–H groups in total. The van der Waals surface area contributed by atoms with Crippen LogP contribution in [0.4, 0.5) is 23.2 Å². The number of carbonyl (C=O) groups excluding carboxylic acids is 1. The zero-order valence-corrected chi connectivity index (χ0v) is 16.6. The van der Waals surface area contributed by atoms with Gasteiger partial charge in [0.25, 0.3) is 5.91 Å². The molecule has 0 radical (unpaired) electrons. The summed E-state index contributed by atoms with van der Waals surface area (Å²) in [4.78, 5) is 16.2. The number of fused-ring (bicyclic) bond motifs is 1. The number of thiophene rings is 1. The van der Waals surface area contributed by atoms with Crippen LogP contribution in [0, 0.1) is 5.13 Å². The Labute approximate surface area is 174 Å². The molecule has 4 nitrogen and oxygen atoms in total. The predicted molar refractivity (Wildman–Crippen MR) is 108 cm³/mol. The lowest BCUT2D eigenvalue weighted by atomic mass is 9.90. The second-order valence-corrected chi connectivity index (χ2v) is 8.37. The van der Waals surface area contributed by atoms with Gasteiger partial charge >= 0.3 is 6.18 Å². The van der Waals surface area contributed by atoms with Crippen molar-refractivity contribution >= 4 is 33.8 Å². The molecule has 0 saturated heterocycles. The van der Waals surface area contributed by atoms with Crippen LogP contribution in [0.15, 0.2) is 42.5 Å². The Morgan fingerprint density at radius 1 is 1.03 bits per heavy atom. The maximum atomic E-state index is 13.2. The molecule has 1 aliphatic carbocycles. The number of aromatic nitrogens is 1. The highest BCUT2D eigenvalue weighted by atomic mass is 32.1. The SMILES string of the molecule is O=C(NC1CCC(Nc2cc(C(F)(F)F)nc3ccccc23)CC1)c1ccc(F)s1. The molecular formula is C21H19F4N3OS. The first-order chi connectivity index (χ1) is 14.3. The zero-order valence-electron chi connectivity index (χ0n) is 15.8. The number of alkyl halides is 3. The van der Waals surface area contributed by atoms with Gasteiger partial charge in [0.15, 0.2) is 5.13 Å². The molecule has 0 aliphatic heterocycles. The molecule has 3 aromatic rings. The molecule has 30 heavy (non-hydrogen) atoms. The van der Waals surface area contributed by atoms with Gasteiger partial charge in [-0.15, -0.1) is 11.3 Å². The third-order valence-electron chi connectivity index (χ3n) is 5.23. The molecule has 1 fully saturated rings. The van der Waals surface area contributed by atoms with E-state index < -0.39 is 17.0 Å². The fourth-order valence-electron chi connectivity index (χ4n) is 3.73. The van der Waals surface area contributed by atoms with Gasteiger partial charge in [0.1, 0.15) is 5.69 Å². The molecule has 0 atom stereocenters. The van der Waals surface area contributed by atoms with E-state index in [1.54, 1.807) is 24.3 Å². The smallest absolute Gasteiger partial charge is 0.382 e. The quantitative estimate of drug-likeness (QED) is 0.522. The summed E-state index contributed by atoms with van der Waals surface area (Å²) in [6.07, 6.45) is -1.76. The number of amides is 1. The number of carbonyl (C=O) groups is 1. The van der Waals surface area contributed by atoms with Gasteiger partial charge in [0.05, 0.1) is 10.4 Å². The predicted octanol–water partition coefficient (Wildman–Crippen LogP) is 5.61. The Bertz CT molecular complexity index is 1060. The van der Waals surface area contributed by atoms with Crippen LogP contribution in [0.25, 0.3) is 10.9 Å². The summed E-state index contributed by atoms with van der Waals surface area (Å²) in [5.41, 5.74) is -0.221. The van der Waals surface area contributed by atoms with Crippen LogP contribution < -0.4 is 10.6 Å². The molecule has 1 aromatic carbocycles. The molecule has 9 heteroatoms. The first kappa shape index (κ1) is 20.6. The van der Waals surface area contributed by atoms with Crippen LogP contribution in [0.1, 0.15) is 41.0 Å². The summed E-state index contributed by atoms with van der Waals surface area (Å²) >= 11 is 0.802. The second kappa shape index (κ2) is 8.22. The molecule has 2 aromatic heterocycles. The average molecular weight is 437 g/mol. The number of benzene rings is 1. The van der Waals surface area contributed by atoms with E-state index in [9.17, 15) is 22.4 Å². The lowest BCUT2D eigenvalue weighted by Gasteiger charge is -2.30. The number of rotatable bonds is 4. The summed E-state index contributed by atoms with van der Waals surface area (Å²) in [7, 11) is 0. The monoisotopic (exact) mass is 437 g/mol. The lowest BCUT2D eigenvalue weighted by molar-refractivity contribution is -0.140. The summed E-state index contributed by atoms with van der Waals surface area (Å²) in [5.74, 6) is -0.296. The van der Waals surface area contributed by atoms with Crippen molar-refractivity contribution in [2.75, 3.05) is 5.32 Å². The Kier molecular flexibility index (Phi) is 5.64. The minimum absolute atomic E-state index is 0.00998. The first-order valence-corrected chi connectivity index (χ1v) is 10.4. The Morgan fingerprint density at radius 2 is 1.73 bits per heavy atom. The van der Waals surface area contributed by atoms with Crippen molar-refractivity contribution in [3.63, 3.8) is 0 Å². The van der Waals surface area contributed by atoms with Gasteiger partial charge in [0, 0.05) is 23.2 Å². The Morgan fingerprint density at radius 3 is 2.40 bits per heavy atom. The molecule has 1 amide bonds. The van der Waals surface area contributed by atoms with Crippen LogP contribution in [-0.4, -0.2) is 23.0 Å². The molecular weight excluding hydrogens is 418 g/mol. The van der Waals surface area contributed by atoms with Crippen molar-refractivity contribution in [3.05, 3.63) is 58.2 Å². The minimum Gasteiger partial charge on any atom is -0.382 e.